The van der Waals surface area contributed by atoms with Gasteiger partial charge in [-0.05, 0) is 41.1 Å². The van der Waals surface area contributed by atoms with Crippen LogP contribution in [0.3, 0.4) is 0 Å². The SMILES string of the molecule is COc1cc2c(cc1OC)[C@@H](c1cccs1)N(CC(=O)NCC(=O)N(C)C)CC2. The number of thiophene rings is 1. The molecule has 1 aliphatic rings. The van der Waals surface area contributed by atoms with E-state index in [0.29, 0.717) is 11.5 Å². The minimum absolute atomic E-state index is 0.00491. The minimum Gasteiger partial charge on any atom is -0.493 e. The summed E-state index contributed by atoms with van der Waals surface area (Å²) in [4.78, 5) is 29.1. The van der Waals surface area contributed by atoms with E-state index in [0.717, 1.165) is 23.4 Å². The zero-order valence-electron chi connectivity index (χ0n) is 17.2. The number of benzene rings is 1. The number of hydrogen-bond donors (Lipinski definition) is 1. The molecule has 1 aromatic carbocycles. The first kappa shape index (κ1) is 21.1. The second-order valence-corrected chi connectivity index (χ2v) is 8.09. The van der Waals surface area contributed by atoms with E-state index in [1.807, 2.05) is 23.6 Å². The number of amides is 2. The van der Waals surface area contributed by atoms with Crippen molar-refractivity contribution in [2.24, 2.45) is 0 Å². The molecule has 1 aliphatic heterocycles. The molecule has 3 rings (SSSR count). The lowest BCUT2D eigenvalue weighted by Crippen LogP contribution is -2.45. The standard InChI is InChI=1S/C21H27N3O4S/c1-23(2)20(26)12-22-19(25)13-24-8-7-14-10-16(27-3)17(28-4)11-15(14)21(24)18-6-5-9-29-18/h5-6,9-11,21H,7-8,12-13H2,1-4H3,(H,22,25)/t21-/m0/s1. The topological polar surface area (TPSA) is 71.1 Å². The Balaban J connectivity index is 1.86. The Labute approximate surface area is 175 Å². The van der Waals surface area contributed by atoms with Crippen molar-refractivity contribution in [2.75, 3.05) is 47.9 Å². The van der Waals surface area contributed by atoms with Gasteiger partial charge in [-0.25, -0.2) is 0 Å². The van der Waals surface area contributed by atoms with Gasteiger partial charge in [-0.15, -0.1) is 11.3 Å². The second-order valence-electron chi connectivity index (χ2n) is 7.11. The molecule has 2 amide bonds. The second kappa shape index (κ2) is 9.28. The van der Waals surface area contributed by atoms with E-state index in [1.54, 1.807) is 39.7 Å². The van der Waals surface area contributed by atoms with Crippen LogP contribution in [0.5, 0.6) is 11.5 Å². The predicted octanol–water partition coefficient (Wildman–Crippen LogP) is 1.92. The van der Waals surface area contributed by atoms with Crippen LogP contribution in [0.15, 0.2) is 29.6 Å². The average molecular weight is 418 g/mol. The molecule has 1 atom stereocenters. The number of ether oxygens (including phenoxy) is 2. The average Bonchev–Trinajstić information content (AvgIpc) is 3.24. The first-order valence-electron chi connectivity index (χ1n) is 9.43. The Morgan fingerprint density at radius 2 is 1.97 bits per heavy atom. The van der Waals surface area contributed by atoms with Crippen LogP contribution in [0.4, 0.5) is 0 Å². The Bertz CT molecular complexity index is 867. The van der Waals surface area contributed by atoms with E-state index in [4.69, 9.17) is 9.47 Å². The Morgan fingerprint density at radius 3 is 2.59 bits per heavy atom. The van der Waals surface area contributed by atoms with Crippen molar-refractivity contribution in [3.8, 4) is 11.5 Å². The van der Waals surface area contributed by atoms with Crippen LogP contribution < -0.4 is 14.8 Å². The summed E-state index contributed by atoms with van der Waals surface area (Å²) in [7, 11) is 6.60. The van der Waals surface area contributed by atoms with Gasteiger partial charge in [0.25, 0.3) is 0 Å². The van der Waals surface area contributed by atoms with Gasteiger partial charge in [-0.2, -0.15) is 0 Å². The van der Waals surface area contributed by atoms with Crippen molar-refractivity contribution in [1.29, 1.82) is 0 Å². The summed E-state index contributed by atoms with van der Waals surface area (Å²) in [5, 5.41) is 4.77. The van der Waals surface area contributed by atoms with Crippen LogP contribution in [0.25, 0.3) is 0 Å². The van der Waals surface area contributed by atoms with Crippen LogP contribution >= 0.6 is 11.3 Å². The van der Waals surface area contributed by atoms with Crippen LogP contribution in [-0.4, -0.2) is 69.6 Å². The fraction of sp³-hybridized carbons (Fsp3) is 0.429. The monoisotopic (exact) mass is 417 g/mol. The third-order valence-corrected chi connectivity index (χ3v) is 5.99. The van der Waals surface area contributed by atoms with Gasteiger partial charge in [-0.1, -0.05) is 6.07 Å². The highest BCUT2D eigenvalue weighted by Gasteiger charge is 2.32. The number of carbonyl (C=O) groups is 2. The lowest BCUT2D eigenvalue weighted by molar-refractivity contribution is -0.131. The first-order chi connectivity index (χ1) is 13.9. The van der Waals surface area contributed by atoms with Crippen molar-refractivity contribution < 1.29 is 19.1 Å². The molecule has 2 aromatic rings. The summed E-state index contributed by atoms with van der Waals surface area (Å²) < 4.78 is 11.0. The van der Waals surface area contributed by atoms with E-state index >= 15 is 0 Å². The fourth-order valence-electron chi connectivity index (χ4n) is 3.52. The highest BCUT2D eigenvalue weighted by molar-refractivity contribution is 7.10. The molecule has 0 unspecified atom stereocenters. The number of hydrogen-bond acceptors (Lipinski definition) is 6. The van der Waals surface area contributed by atoms with Gasteiger partial charge in [0.05, 0.1) is 33.4 Å². The van der Waals surface area contributed by atoms with E-state index in [1.165, 1.54) is 10.5 Å². The number of carbonyl (C=O) groups excluding carboxylic acids is 2. The zero-order valence-corrected chi connectivity index (χ0v) is 18.0. The lowest BCUT2D eigenvalue weighted by Gasteiger charge is -2.37. The van der Waals surface area contributed by atoms with Gasteiger partial charge < -0.3 is 19.7 Å². The number of nitrogens with one attached hydrogen (secondary N) is 1. The maximum Gasteiger partial charge on any atom is 0.241 e. The van der Waals surface area contributed by atoms with Gasteiger partial charge in [0.15, 0.2) is 11.5 Å². The third-order valence-electron chi connectivity index (χ3n) is 5.07. The third kappa shape index (κ3) is 4.71. The largest absolute Gasteiger partial charge is 0.493 e. The van der Waals surface area contributed by atoms with Crippen LogP contribution in [0, 0.1) is 0 Å². The smallest absolute Gasteiger partial charge is 0.241 e. The van der Waals surface area contributed by atoms with Gasteiger partial charge >= 0.3 is 0 Å². The summed E-state index contributed by atoms with van der Waals surface area (Å²) in [6.45, 7) is 0.960. The molecule has 0 bridgehead atoms. The highest BCUT2D eigenvalue weighted by Crippen LogP contribution is 2.41. The Kier molecular flexibility index (Phi) is 6.76. The molecular weight excluding hydrogens is 390 g/mol. The van der Waals surface area contributed by atoms with Crippen LogP contribution in [-0.2, 0) is 16.0 Å². The molecule has 8 heteroatoms. The quantitative estimate of drug-likeness (QED) is 0.745. The molecule has 156 valence electrons. The minimum atomic E-state index is -0.161. The predicted molar refractivity (Wildman–Crippen MR) is 113 cm³/mol. The normalized spacial score (nSPS) is 16.1. The first-order valence-corrected chi connectivity index (χ1v) is 10.3. The van der Waals surface area contributed by atoms with E-state index in [-0.39, 0.29) is 30.9 Å². The molecule has 1 aromatic heterocycles. The molecule has 0 fully saturated rings. The molecule has 0 saturated carbocycles. The summed E-state index contributed by atoms with van der Waals surface area (Å²) >= 11 is 1.66. The number of fused-ring (bicyclic) bond motifs is 1. The molecule has 0 saturated heterocycles. The summed E-state index contributed by atoms with van der Waals surface area (Å²) in [6, 6.07) is 8.10. The zero-order chi connectivity index (χ0) is 21.0. The van der Waals surface area contributed by atoms with Crippen molar-refractivity contribution in [3.05, 3.63) is 45.6 Å². The van der Waals surface area contributed by atoms with Gasteiger partial charge in [0, 0.05) is 25.5 Å². The molecule has 0 aliphatic carbocycles. The van der Waals surface area contributed by atoms with Crippen LogP contribution in [0.2, 0.25) is 0 Å². The van der Waals surface area contributed by atoms with E-state index in [2.05, 4.69) is 16.3 Å². The maximum absolute atomic E-state index is 12.5. The maximum atomic E-state index is 12.5. The lowest BCUT2D eigenvalue weighted by atomic mass is 9.91. The van der Waals surface area contributed by atoms with Crippen LogP contribution in [0.1, 0.15) is 22.0 Å². The van der Waals surface area contributed by atoms with Gasteiger partial charge in [0.2, 0.25) is 11.8 Å². The Hall–Kier alpha value is -2.58. The summed E-state index contributed by atoms with van der Waals surface area (Å²) in [5.74, 6) is 1.10. The highest BCUT2D eigenvalue weighted by atomic mass is 32.1. The molecule has 2 heterocycles. The van der Waals surface area contributed by atoms with Crippen molar-refractivity contribution >= 4 is 23.2 Å². The Morgan fingerprint density at radius 1 is 1.24 bits per heavy atom. The molecular formula is C21H27N3O4S. The number of methoxy groups -OCH3 is 2. The van der Waals surface area contributed by atoms with Gasteiger partial charge in [0.1, 0.15) is 0 Å². The molecule has 7 nitrogen and oxygen atoms in total. The van der Waals surface area contributed by atoms with E-state index in [9.17, 15) is 9.59 Å². The summed E-state index contributed by atoms with van der Waals surface area (Å²) in [5.41, 5.74) is 2.31. The van der Waals surface area contributed by atoms with Crippen molar-refractivity contribution in [2.45, 2.75) is 12.5 Å². The van der Waals surface area contributed by atoms with E-state index < -0.39 is 0 Å². The number of rotatable bonds is 7. The fourth-order valence-corrected chi connectivity index (χ4v) is 4.40. The molecule has 29 heavy (non-hydrogen) atoms. The molecule has 1 N–H and O–H groups in total. The van der Waals surface area contributed by atoms with Crippen molar-refractivity contribution in [1.82, 2.24) is 15.1 Å². The molecule has 0 radical (unpaired) electrons. The number of nitrogens with zero attached hydrogens (tertiary/aromatic N) is 2. The van der Waals surface area contributed by atoms with Gasteiger partial charge in [-0.3, -0.25) is 14.5 Å². The molecule has 0 spiro atoms. The summed E-state index contributed by atoms with van der Waals surface area (Å²) in [6.07, 6.45) is 0.807. The number of likely N-dealkylation sites (N-methyl/N-ethyl adjacent to an activating group) is 1. The van der Waals surface area contributed by atoms with Crippen molar-refractivity contribution in [3.63, 3.8) is 0 Å².